The van der Waals surface area contributed by atoms with E-state index in [0.29, 0.717) is 40.5 Å². The number of carbonyl (C=O) groups excluding carboxylic acids is 1. The Bertz CT molecular complexity index is 1470. The molecule has 0 aliphatic carbocycles. The molecule has 172 valence electrons. The van der Waals surface area contributed by atoms with Crippen molar-refractivity contribution >= 4 is 29.4 Å². The lowest BCUT2D eigenvalue weighted by Gasteiger charge is -2.11. The summed E-state index contributed by atoms with van der Waals surface area (Å²) in [5.74, 6) is -1.09. The summed E-state index contributed by atoms with van der Waals surface area (Å²) in [5.41, 5.74) is 2.73. The molecule has 1 aromatic heterocycles. The highest BCUT2D eigenvalue weighted by molar-refractivity contribution is 6.33. The molecular formula is C28H19FN2O4. The number of halogens is 1. The van der Waals surface area contributed by atoms with Gasteiger partial charge in [-0.15, -0.1) is 0 Å². The lowest BCUT2D eigenvalue weighted by molar-refractivity contribution is -0.114. The SMILES string of the molecule is O=C(O)c1ccc(N2N=C(Cc3ccccc3)/C(=C\c3ccc(-c4ccccc4F)o3)C2=O)cc1. The number of rotatable bonds is 6. The summed E-state index contributed by atoms with van der Waals surface area (Å²) in [4.78, 5) is 24.6. The first-order valence-electron chi connectivity index (χ1n) is 10.9. The minimum absolute atomic E-state index is 0.112. The number of hydrogen-bond donors (Lipinski definition) is 1. The molecule has 7 heteroatoms. The van der Waals surface area contributed by atoms with Crippen LogP contribution in [-0.2, 0) is 11.2 Å². The number of anilines is 1. The Hall–Kier alpha value is -4.78. The van der Waals surface area contributed by atoms with Crippen LogP contribution in [0.15, 0.2) is 106 Å². The number of amides is 1. The van der Waals surface area contributed by atoms with Crippen molar-refractivity contribution in [3.05, 3.63) is 119 Å². The zero-order valence-corrected chi connectivity index (χ0v) is 18.4. The van der Waals surface area contributed by atoms with Gasteiger partial charge in [0.05, 0.1) is 28.1 Å². The van der Waals surface area contributed by atoms with E-state index < -0.39 is 11.8 Å². The molecule has 2 heterocycles. The summed E-state index contributed by atoms with van der Waals surface area (Å²) in [6, 6.07) is 25.2. The third-order valence-electron chi connectivity index (χ3n) is 5.58. The summed E-state index contributed by atoms with van der Waals surface area (Å²) in [7, 11) is 0. The molecule has 0 saturated heterocycles. The van der Waals surface area contributed by atoms with E-state index >= 15 is 0 Å². The Morgan fingerprint density at radius 3 is 2.37 bits per heavy atom. The second-order valence-corrected chi connectivity index (χ2v) is 7.92. The number of benzene rings is 3. The van der Waals surface area contributed by atoms with Crippen LogP contribution in [-0.4, -0.2) is 22.7 Å². The van der Waals surface area contributed by atoms with Gasteiger partial charge < -0.3 is 9.52 Å². The van der Waals surface area contributed by atoms with Crippen LogP contribution in [0.5, 0.6) is 0 Å². The number of hydrazone groups is 1. The third-order valence-corrected chi connectivity index (χ3v) is 5.58. The highest BCUT2D eigenvalue weighted by Gasteiger charge is 2.31. The zero-order chi connectivity index (χ0) is 24.4. The van der Waals surface area contributed by atoms with Crippen LogP contribution in [0.1, 0.15) is 21.7 Å². The Morgan fingerprint density at radius 2 is 1.66 bits per heavy atom. The van der Waals surface area contributed by atoms with Crippen LogP contribution in [0.2, 0.25) is 0 Å². The van der Waals surface area contributed by atoms with Gasteiger partial charge in [0, 0.05) is 6.42 Å². The van der Waals surface area contributed by atoms with Gasteiger partial charge in [0.25, 0.3) is 5.91 Å². The molecule has 0 bridgehead atoms. The zero-order valence-electron chi connectivity index (χ0n) is 18.4. The Kier molecular flexibility index (Phi) is 5.81. The molecule has 0 spiro atoms. The van der Waals surface area contributed by atoms with Gasteiger partial charge in [-0.3, -0.25) is 4.79 Å². The highest BCUT2D eigenvalue weighted by atomic mass is 19.1. The topological polar surface area (TPSA) is 83.1 Å². The van der Waals surface area contributed by atoms with Gasteiger partial charge in [-0.25, -0.2) is 9.18 Å². The molecule has 0 unspecified atom stereocenters. The summed E-state index contributed by atoms with van der Waals surface area (Å²) in [6.07, 6.45) is 2.00. The summed E-state index contributed by atoms with van der Waals surface area (Å²) in [5, 5.41) is 15.0. The molecule has 0 radical (unpaired) electrons. The maximum absolute atomic E-state index is 14.2. The fourth-order valence-electron chi connectivity index (χ4n) is 3.82. The summed E-state index contributed by atoms with van der Waals surface area (Å²) < 4.78 is 20.0. The fourth-order valence-corrected chi connectivity index (χ4v) is 3.82. The van der Waals surface area contributed by atoms with Crippen LogP contribution in [0.4, 0.5) is 10.1 Å². The molecule has 35 heavy (non-hydrogen) atoms. The van der Waals surface area contributed by atoms with Crippen molar-refractivity contribution in [3.63, 3.8) is 0 Å². The Morgan fingerprint density at radius 1 is 0.943 bits per heavy atom. The van der Waals surface area contributed by atoms with Crippen molar-refractivity contribution in [3.8, 4) is 11.3 Å². The van der Waals surface area contributed by atoms with Gasteiger partial charge in [-0.2, -0.15) is 10.1 Å². The third kappa shape index (κ3) is 4.52. The number of aromatic carboxylic acids is 1. The molecule has 4 aromatic rings. The molecule has 1 aliphatic rings. The summed E-state index contributed by atoms with van der Waals surface area (Å²) >= 11 is 0. The van der Waals surface area contributed by atoms with Crippen molar-refractivity contribution in [2.45, 2.75) is 6.42 Å². The average molecular weight is 466 g/mol. The van der Waals surface area contributed by atoms with E-state index in [1.165, 1.54) is 35.3 Å². The van der Waals surface area contributed by atoms with Crippen LogP contribution in [0, 0.1) is 5.82 Å². The van der Waals surface area contributed by atoms with Gasteiger partial charge in [0.1, 0.15) is 17.3 Å². The van der Waals surface area contributed by atoms with Crippen molar-refractivity contribution in [2.75, 3.05) is 5.01 Å². The Labute approximate surface area is 200 Å². The number of carbonyl (C=O) groups is 2. The number of hydrogen-bond acceptors (Lipinski definition) is 4. The first kappa shape index (κ1) is 22.0. The van der Waals surface area contributed by atoms with Crippen LogP contribution < -0.4 is 5.01 Å². The van der Waals surface area contributed by atoms with Crippen molar-refractivity contribution < 1.29 is 23.5 Å². The minimum atomic E-state index is -1.05. The van der Waals surface area contributed by atoms with Crippen molar-refractivity contribution in [1.82, 2.24) is 0 Å². The van der Waals surface area contributed by atoms with E-state index in [1.54, 1.807) is 36.4 Å². The van der Waals surface area contributed by atoms with Gasteiger partial charge in [0.2, 0.25) is 0 Å². The monoisotopic (exact) mass is 466 g/mol. The predicted octanol–water partition coefficient (Wildman–Crippen LogP) is 5.81. The molecule has 1 amide bonds. The van der Waals surface area contributed by atoms with Crippen LogP contribution >= 0.6 is 0 Å². The van der Waals surface area contributed by atoms with Gasteiger partial charge >= 0.3 is 5.97 Å². The minimum Gasteiger partial charge on any atom is -0.478 e. The number of carboxylic acid groups (broad SMARTS) is 1. The van der Waals surface area contributed by atoms with E-state index in [1.807, 2.05) is 30.3 Å². The van der Waals surface area contributed by atoms with Gasteiger partial charge in [-0.1, -0.05) is 42.5 Å². The van der Waals surface area contributed by atoms with Gasteiger partial charge in [0.15, 0.2) is 0 Å². The Balaban J connectivity index is 1.51. The molecule has 0 saturated carbocycles. The predicted molar refractivity (Wildman–Crippen MR) is 131 cm³/mol. The molecule has 1 aliphatic heterocycles. The fraction of sp³-hybridized carbons (Fsp3) is 0.0357. The molecule has 3 aromatic carbocycles. The van der Waals surface area contributed by atoms with Crippen molar-refractivity contribution in [2.24, 2.45) is 5.10 Å². The van der Waals surface area contributed by atoms with Crippen LogP contribution in [0.3, 0.4) is 0 Å². The average Bonchev–Trinajstić information content (AvgIpc) is 3.45. The quantitative estimate of drug-likeness (QED) is 0.364. The van der Waals surface area contributed by atoms with Crippen molar-refractivity contribution in [1.29, 1.82) is 0 Å². The number of furan rings is 1. The standard InChI is InChI=1S/C28H19FN2O4/c29-24-9-5-4-8-22(24)26-15-14-21(35-26)17-23-25(16-18-6-2-1-3-7-18)30-31(27(23)32)20-12-10-19(11-13-20)28(33)34/h1-15,17H,16H2,(H,33,34)/b23-17+. The molecule has 6 nitrogen and oxygen atoms in total. The van der Waals surface area contributed by atoms with E-state index in [2.05, 4.69) is 5.10 Å². The van der Waals surface area contributed by atoms with E-state index in [9.17, 15) is 14.0 Å². The molecular weight excluding hydrogens is 447 g/mol. The van der Waals surface area contributed by atoms with E-state index in [0.717, 1.165) is 5.56 Å². The van der Waals surface area contributed by atoms with E-state index in [4.69, 9.17) is 9.52 Å². The molecule has 0 atom stereocenters. The number of carboxylic acids is 1. The first-order chi connectivity index (χ1) is 17.0. The molecule has 5 rings (SSSR count). The highest BCUT2D eigenvalue weighted by Crippen LogP contribution is 2.29. The van der Waals surface area contributed by atoms with Gasteiger partial charge in [-0.05, 0) is 60.2 Å². The normalized spacial score (nSPS) is 14.4. The first-order valence-corrected chi connectivity index (χ1v) is 10.9. The maximum Gasteiger partial charge on any atom is 0.335 e. The molecule has 1 N–H and O–H groups in total. The lowest BCUT2D eigenvalue weighted by Crippen LogP contribution is -2.21. The van der Waals surface area contributed by atoms with Crippen LogP contribution in [0.25, 0.3) is 17.4 Å². The lowest BCUT2D eigenvalue weighted by atomic mass is 10.0. The molecule has 0 fully saturated rings. The second kappa shape index (κ2) is 9.23. The summed E-state index contributed by atoms with van der Waals surface area (Å²) in [6.45, 7) is 0. The number of nitrogens with zero attached hydrogens (tertiary/aromatic N) is 2. The maximum atomic E-state index is 14.2. The van der Waals surface area contributed by atoms with E-state index in [-0.39, 0.29) is 11.5 Å². The largest absolute Gasteiger partial charge is 0.478 e. The smallest absolute Gasteiger partial charge is 0.335 e. The second-order valence-electron chi connectivity index (χ2n) is 7.92.